The summed E-state index contributed by atoms with van der Waals surface area (Å²) < 4.78 is 0. The Bertz CT molecular complexity index is 823. The van der Waals surface area contributed by atoms with Gasteiger partial charge in [0.15, 0.2) is 0 Å². The van der Waals surface area contributed by atoms with Gasteiger partial charge in [0.05, 0.1) is 6.21 Å². The normalized spacial score (nSPS) is 14.9. The number of hydrogen-bond donors (Lipinski definition) is 1. The SMILES string of the molecule is CN(C)c1ccc(/C=N\NC(=O)C2CCN(C(=O)c3ccccc3)CC2)cc1. The van der Waals surface area contributed by atoms with Crippen molar-refractivity contribution in [2.45, 2.75) is 12.8 Å². The molecule has 2 aromatic carbocycles. The zero-order valence-corrected chi connectivity index (χ0v) is 16.3. The minimum Gasteiger partial charge on any atom is -0.378 e. The van der Waals surface area contributed by atoms with E-state index in [1.807, 2.05) is 78.5 Å². The fraction of sp³-hybridized carbons (Fsp3) is 0.318. The lowest BCUT2D eigenvalue weighted by atomic mass is 9.95. The third kappa shape index (κ3) is 4.97. The van der Waals surface area contributed by atoms with Crippen LogP contribution in [0, 0.1) is 5.92 Å². The Morgan fingerprint density at radius 2 is 1.68 bits per heavy atom. The number of amides is 2. The van der Waals surface area contributed by atoms with Gasteiger partial charge in [-0.3, -0.25) is 9.59 Å². The first-order chi connectivity index (χ1) is 13.5. The number of nitrogens with one attached hydrogen (secondary N) is 1. The van der Waals surface area contributed by atoms with Gasteiger partial charge in [0.1, 0.15) is 0 Å². The van der Waals surface area contributed by atoms with Crippen molar-refractivity contribution in [3.63, 3.8) is 0 Å². The molecular weight excluding hydrogens is 352 g/mol. The van der Waals surface area contributed by atoms with Crippen molar-refractivity contribution in [2.24, 2.45) is 11.0 Å². The van der Waals surface area contributed by atoms with Crippen LogP contribution in [0.5, 0.6) is 0 Å². The van der Waals surface area contributed by atoms with Crippen LogP contribution in [-0.2, 0) is 4.79 Å². The molecule has 0 bridgehead atoms. The lowest BCUT2D eigenvalue weighted by Crippen LogP contribution is -2.42. The van der Waals surface area contributed by atoms with Gasteiger partial charge in [-0.05, 0) is 42.7 Å². The molecular formula is C22H26N4O2. The van der Waals surface area contributed by atoms with E-state index in [9.17, 15) is 9.59 Å². The molecule has 0 saturated carbocycles. The number of hydrogen-bond acceptors (Lipinski definition) is 4. The first-order valence-electron chi connectivity index (χ1n) is 9.49. The highest BCUT2D eigenvalue weighted by atomic mass is 16.2. The van der Waals surface area contributed by atoms with E-state index < -0.39 is 0 Å². The third-order valence-electron chi connectivity index (χ3n) is 4.97. The van der Waals surface area contributed by atoms with E-state index in [0.717, 1.165) is 11.3 Å². The minimum atomic E-state index is -0.118. The van der Waals surface area contributed by atoms with Gasteiger partial charge in [-0.15, -0.1) is 0 Å². The predicted octanol–water partition coefficient (Wildman–Crippen LogP) is 2.76. The molecule has 1 N–H and O–H groups in total. The first-order valence-corrected chi connectivity index (χ1v) is 9.49. The molecule has 0 radical (unpaired) electrons. The molecule has 2 aromatic rings. The maximum atomic E-state index is 12.5. The molecule has 0 spiro atoms. The average molecular weight is 378 g/mol. The Hall–Kier alpha value is -3.15. The molecule has 3 rings (SSSR count). The predicted molar refractivity (Wildman–Crippen MR) is 112 cm³/mol. The number of nitrogens with zero attached hydrogens (tertiary/aromatic N) is 3. The summed E-state index contributed by atoms with van der Waals surface area (Å²) in [6, 6.07) is 17.2. The summed E-state index contributed by atoms with van der Waals surface area (Å²) in [5.74, 6) is -0.181. The van der Waals surface area contributed by atoms with E-state index >= 15 is 0 Å². The van der Waals surface area contributed by atoms with E-state index in [-0.39, 0.29) is 17.7 Å². The molecule has 1 aliphatic rings. The standard InChI is InChI=1S/C22H26N4O2/c1-25(2)20-10-8-17(9-11-20)16-23-24-21(27)18-12-14-26(15-13-18)22(28)19-6-4-3-5-7-19/h3-11,16,18H,12-15H2,1-2H3,(H,24,27)/b23-16-. The van der Waals surface area contributed by atoms with Gasteiger partial charge in [-0.25, -0.2) is 5.43 Å². The maximum absolute atomic E-state index is 12.5. The van der Waals surface area contributed by atoms with Crippen LogP contribution in [-0.4, -0.2) is 50.1 Å². The minimum absolute atomic E-state index is 0.0265. The molecule has 28 heavy (non-hydrogen) atoms. The van der Waals surface area contributed by atoms with E-state index in [1.54, 1.807) is 6.21 Å². The van der Waals surface area contributed by atoms with Crippen molar-refractivity contribution in [1.82, 2.24) is 10.3 Å². The topological polar surface area (TPSA) is 65.0 Å². The van der Waals surface area contributed by atoms with Crippen molar-refractivity contribution in [3.05, 3.63) is 65.7 Å². The summed E-state index contributed by atoms with van der Waals surface area (Å²) in [5, 5.41) is 4.07. The second-order valence-corrected chi connectivity index (χ2v) is 7.15. The number of anilines is 1. The molecule has 2 amide bonds. The summed E-state index contributed by atoms with van der Waals surface area (Å²) in [4.78, 5) is 28.7. The summed E-state index contributed by atoms with van der Waals surface area (Å²) in [6.45, 7) is 1.17. The third-order valence-corrected chi connectivity index (χ3v) is 4.97. The van der Waals surface area contributed by atoms with Crippen LogP contribution in [0.2, 0.25) is 0 Å². The Kier molecular flexibility index (Phi) is 6.42. The highest BCUT2D eigenvalue weighted by Gasteiger charge is 2.27. The molecule has 0 aromatic heterocycles. The van der Waals surface area contributed by atoms with Crippen molar-refractivity contribution in [3.8, 4) is 0 Å². The summed E-state index contributed by atoms with van der Waals surface area (Å²) in [6.07, 6.45) is 2.94. The van der Waals surface area contributed by atoms with E-state index in [1.165, 1.54) is 0 Å². The average Bonchev–Trinajstić information content (AvgIpc) is 2.74. The van der Waals surface area contributed by atoms with Crippen LogP contribution >= 0.6 is 0 Å². The highest BCUT2D eigenvalue weighted by Crippen LogP contribution is 2.19. The van der Waals surface area contributed by atoms with Crippen molar-refractivity contribution < 1.29 is 9.59 Å². The van der Waals surface area contributed by atoms with Crippen molar-refractivity contribution >= 4 is 23.7 Å². The largest absolute Gasteiger partial charge is 0.378 e. The summed E-state index contributed by atoms with van der Waals surface area (Å²) >= 11 is 0. The molecule has 0 aliphatic carbocycles. The Morgan fingerprint density at radius 3 is 2.29 bits per heavy atom. The van der Waals surface area contributed by atoms with Gasteiger partial charge in [0.25, 0.3) is 5.91 Å². The summed E-state index contributed by atoms with van der Waals surface area (Å²) in [5.41, 5.74) is 5.36. The number of piperidine rings is 1. The Morgan fingerprint density at radius 1 is 1.04 bits per heavy atom. The van der Waals surface area contributed by atoms with Gasteiger partial charge >= 0.3 is 0 Å². The Balaban J connectivity index is 1.46. The van der Waals surface area contributed by atoms with Crippen LogP contribution in [0.15, 0.2) is 59.7 Å². The molecule has 6 heteroatoms. The smallest absolute Gasteiger partial charge is 0.253 e. The van der Waals surface area contributed by atoms with Gasteiger partial charge in [0.2, 0.25) is 5.91 Å². The fourth-order valence-electron chi connectivity index (χ4n) is 3.23. The van der Waals surface area contributed by atoms with E-state index in [2.05, 4.69) is 10.5 Å². The summed E-state index contributed by atoms with van der Waals surface area (Å²) in [7, 11) is 3.98. The molecule has 1 aliphatic heterocycles. The molecule has 146 valence electrons. The van der Waals surface area contributed by atoms with Crippen LogP contribution in [0.1, 0.15) is 28.8 Å². The van der Waals surface area contributed by atoms with Crippen molar-refractivity contribution in [1.29, 1.82) is 0 Å². The Labute approximate surface area is 165 Å². The molecule has 0 unspecified atom stereocenters. The lowest BCUT2D eigenvalue weighted by molar-refractivity contribution is -0.126. The number of likely N-dealkylation sites (tertiary alicyclic amines) is 1. The molecule has 1 saturated heterocycles. The number of hydrazone groups is 1. The fourth-order valence-corrected chi connectivity index (χ4v) is 3.23. The number of rotatable bonds is 5. The number of carbonyl (C=O) groups excluding carboxylic acids is 2. The second-order valence-electron chi connectivity index (χ2n) is 7.15. The lowest BCUT2D eigenvalue weighted by Gasteiger charge is -2.31. The quantitative estimate of drug-likeness (QED) is 0.643. The number of carbonyl (C=O) groups is 2. The van der Waals surface area contributed by atoms with Crippen LogP contribution in [0.3, 0.4) is 0 Å². The second kappa shape index (κ2) is 9.17. The number of benzene rings is 2. The molecule has 6 nitrogen and oxygen atoms in total. The van der Waals surface area contributed by atoms with Gasteiger partial charge in [-0.1, -0.05) is 30.3 Å². The molecule has 0 atom stereocenters. The monoisotopic (exact) mass is 378 g/mol. The highest BCUT2D eigenvalue weighted by molar-refractivity contribution is 5.94. The zero-order chi connectivity index (χ0) is 19.9. The molecule has 1 heterocycles. The zero-order valence-electron chi connectivity index (χ0n) is 16.3. The van der Waals surface area contributed by atoms with Crippen molar-refractivity contribution in [2.75, 3.05) is 32.1 Å². The van der Waals surface area contributed by atoms with Crippen LogP contribution in [0.25, 0.3) is 0 Å². The van der Waals surface area contributed by atoms with Crippen LogP contribution in [0.4, 0.5) is 5.69 Å². The van der Waals surface area contributed by atoms with E-state index in [4.69, 9.17) is 0 Å². The van der Waals surface area contributed by atoms with Gasteiger partial charge in [-0.2, -0.15) is 5.10 Å². The maximum Gasteiger partial charge on any atom is 0.253 e. The van der Waals surface area contributed by atoms with E-state index in [0.29, 0.717) is 31.5 Å². The van der Waals surface area contributed by atoms with Gasteiger partial charge in [0, 0.05) is 44.4 Å². The first kappa shape index (κ1) is 19.6. The molecule has 1 fully saturated rings. The van der Waals surface area contributed by atoms with Crippen LogP contribution < -0.4 is 10.3 Å². The van der Waals surface area contributed by atoms with Gasteiger partial charge < -0.3 is 9.80 Å².